The molecule has 106 valence electrons. The van der Waals surface area contributed by atoms with Crippen LogP contribution in [0.2, 0.25) is 0 Å². The van der Waals surface area contributed by atoms with E-state index in [0.717, 1.165) is 0 Å². The Hall–Kier alpha value is -2.60. The Morgan fingerprint density at radius 1 is 1.29 bits per heavy atom. The molecular formula is C15H12N2O3S. The van der Waals surface area contributed by atoms with Crippen molar-refractivity contribution in [2.24, 2.45) is 0 Å². The standard InChI is InChI=1S/C15H12N2O3S/c18-13-6-2-1-4-10(13)8-12-14(19)17(15(21)16-12)9-11-5-3-7-20-11/h1-8,18H,9H2,(H,16,21). The quantitative estimate of drug-likeness (QED) is 0.672. The van der Waals surface area contributed by atoms with E-state index in [1.165, 1.54) is 4.90 Å². The summed E-state index contributed by atoms with van der Waals surface area (Å²) < 4.78 is 5.22. The highest BCUT2D eigenvalue weighted by Crippen LogP contribution is 2.22. The lowest BCUT2D eigenvalue weighted by Crippen LogP contribution is -2.29. The first-order valence-electron chi connectivity index (χ1n) is 6.30. The lowest BCUT2D eigenvalue weighted by molar-refractivity contribution is -0.122. The minimum atomic E-state index is -0.250. The van der Waals surface area contributed by atoms with Crippen molar-refractivity contribution in [3.8, 4) is 5.75 Å². The van der Waals surface area contributed by atoms with Crippen LogP contribution in [0.5, 0.6) is 5.75 Å². The van der Waals surface area contributed by atoms with E-state index in [0.29, 0.717) is 22.1 Å². The van der Waals surface area contributed by atoms with Gasteiger partial charge in [0.05, 0.1) is 12.8 Å². The molecule has 1 saturated heterocycles. The number of phenolic OH excluding ortho intramolecular Hbond substituents is 1. The number of nitrogens with one attached hydrogen (secondary N) is 1. The third kappa shape index (κ3) is 2.66. The van der Waals surface area contributed by atoms with E-state index in [4.69, 9.17) is 16.6 Å². The van der Waals surface area contributed by atoms with Gasteiger partial charge in [-0.1, -0.05) is 18.2 Å². The minimum absolute atomic E-state index is 0.106. The number of carbonyl (C=O) groups excluding carboxylic acids is 1. The van der Waals surface area contributed by atoms with Gasteiger partial charge in [0.25, 0.3) is 5.91 Å². The zero-order chi connectivity index (χ0) is 14.8. The molecule has 1 amide bonds. The van der Waals surface area contributed by atoms with Crippen LogP contribution < -0.4 is 5.32 Å². The third-order valence-corrected chi connectivity index (χ3v) is 3.42. The molecule has 21 heavy (non-hydrogen) atoms. The van der Waals surface area contributed by atoms with Crippen LogP contribution >= 0.6 is 12.2 Å². The lowest BCUT2D eigenvalue weighted by atomic mass is 10.1. The van der Waals surface area contributed by atoms with Gasteiger partial charge in [-0.25, -0.2) is 0 Å². The maximum Gasteiger partial charge on any atom is 0.276 e. The number of benzene rings is 1. The number of thiocarbonyl (C=S) groups is 1. The molecule has 0 atom stereocenters. The summed E-state index contributed by atoms with van der Waals surface area (Å²) in [4.78, 5) is 13.8. The van der Waals surface area contributed by atoms with Crippen LogP contribution in [0.15, 0.2) is 52.8 Å². The van der Waals surface area contributed by atoms with Crippen molar-refractivity contribution in [3.63, 3.8) is 0 Å². The van der Waals surface area contributed by atoms with Gasteiger partial charge in [0, 0.05) is 5.56 Å². The van der Waals surface area contributed by atoms with E-state index in [9.17, 15) is 9.90 Å². The molecule has 2 N–H and O–H groups in total. The van der Waals surface area contributed by atoms with Gasteiger partial charge < -0.3 is 14.8 Å². The van der Waals surface area contributed by atoms with E-state index in [2.05, 4.69) is 5.32 Å². The largest absolute Gasteiger partial charge is 0.507 e. The molecular weight excluding hydrogens is 288 g/mol. The van der Waals surface area contributed by atoms with Gasteiger partial charge in [0.2, 0.25) is 0 Å². The van der Waals surface area contributed by atoms with Gasteiger partial charge in [0.1, 0.15) is 17.2 Å². The summed E-state index contributed by atoms with van der Waals surface area (Å²) in [6.07, 6.45) is 3.12. The number of amides is 1. The van der Waals surface area contributed by atoms with Crippen LogP contribution in [0, 0.1) is 0 Å². The number of aromatic hydroxyl groups is 1. The highest BCUT2D eigenvalue weighted by molar-refractivity contribution is 7.80. The summed E-state index contributed by atoms with van der Waals surface area (Å²) >= 11 is 5.17. The van der Waals surface area contributed by atoms with Crippen LogP contribution in [0.4, 0.5) is 0 Å². The van der Waals surface area contributed by atoms with Gasteiger partial charge in [-0.2, -0.15) is 0 Å². The Bertz CT molecular complexity index is 722. The minimum Gasteiger partial charge on any atom is -0.507 e. The van der Waals surface area contributed by atoms with Crippen LogP contribution in [0.25, 0.3) is 6.08 Å². The maximum absolute atomic E-state index is 12.3. The number of carbonyl (C=O) groups is 1. The summed E-state index contributed by atoms with van der Waals surface area (Å²) in [5.74, 6) is 0.506. The molecule has 0 bridgehead atoms. The molecule has 1 aliphatic rings. The highest BCUT2D eigenvalue weighted by atomic mass is 32.1. The number of para-hydroxylation sites is 1. The summed E-state index contributed by atoms with van der Waals surface area (Å²) in [7, 11) is 0. The monoisotopic (exact) mass is 300 g/mol. The van der Waals surface area contributed by atoms with Gasteiger partial charge in [-0.3, -0.25) is 9.69 Å². The van der Waals surface area contributed by atoms with E-state index < -0.39 is 0 Å². The summed E-state index contributed by atoms with van der Waals surface area (Å²) in [5.41, 5.74) is 0.879. The molecule has 0 saturated carbocycles. The zero-order valence-electron chi connectivity index (χ0n) is 10.9. The van der Waals surface area contributed by atoms with Crippen LogP contribution in [-0.4, -0.2) is 21.0 Å². The molecule has 0 aliphatic carbocycles. The van der Waals surface area contributed by atoms with Gasteiger partial charge in [-0.15, -0.1) is 0 Å². The predicted octanol–water partition coefficient (Wildman–Crippen LogP) is 2.24. The summed E-state index contributed by atoms with van der Waals surface area (Å²) in [6, 6.07) is 10.3. The number of rotatable bonds is 3. The predicted molar refractivity (Wildman–Crippen MR) is 81.1 cm³/mol. The molecule has 1 aliphatic heterocycles. The molecule has 3 rings (SSSR count). The molecule has 1 aromatic heterocycles. The summed E-state index contributed by atoms with van der Waals surface area (Å²) in [6.45, 7) is 0.274. The SMILES string of the molecule is O=C1C(=Cc2ccccc2O)NC(=S)N1Cc1ccco1. The molecule has 2 heterocycles. The second-order valence-electron chi connectivity index (χ2n) is 4.52. The third-order valence-electron chi connectivity index (χ3n) is 3.09. The fourth-order valence-electron chi connectivity index (χ4n) is 2.04. The fourth-order valence-corrected chi connectivity index (χ4v) is 2.30. The van der Waals surface area contributed by atoms with Gasteiger partial charge in [0.15, 0.2) is 5.11 Å². The van der Waals surface area contributed by atoms with Crippen LogP contribution in [0.1, 0.15) is 11.3 Å². The second-order valence-corrected chi connectivity index (χ2v) is 4.90. The Kier molecular flexibility index (Phi) is 3.45. The molecule has 2 aromatic rings. The zero-order valence-corrected chi connectivity index (χ0v) is 11.8. The summed E-state index contributed by atoms with van der Waals surface area (Å²) in [5, 5.41) is 12.9. The van der Waals surface area contributed by atoms with Crippen molar-refractivity contribution in [2.75, 3.05) is 0 Å². The first-order valence-corrected chi connectivity index (χ1v) is 6.71. The fraction of sp³-hybridized carbons (Fsp3) is 0.0667. The maximum atomic E-state index is 12.3. The van der Waals surface area contributed by atoms with Gasteiger partial charge in [-0.05, 0) is 36.5 Å². The number of furan rings is 1. The van der Waals surface area contributed by atoms with E-state index >= 15 is 0 Å². The molecule has 0 spiro atoms. The van der Waals surface area contributed by atoms with Crippen LogP contribution in [-0.2, 0) is 11.3 Å². The topological polar surface area (TPSA) is 65.7 Å². The second kappa shape index (κ2) is 5.41. The van der Waals surface area contributed by atoms with E-state index in [-0.39, 0.29) is 18.2 Å². The molecule has 1 aromatic carbocycles. The first kappa shape index (κ1) is 13.4. The van der Waals surface area contributed by atoms with E-state index in [1.54, 1.807) is 48.7 Å². The van der Waals surface area contributed by atoms with Crippen molar-refractivity contribution < 1.29 is 14.3 Å². The lowest BCUT2D eigenvalue weighted by Gasteiger charge is -2.11. The van der Waals surface area contributed by atoms with Crippen molar-refractivity contribution in [1.82, 2.24) is 10.2 Å². The Balaban J connectivity index is 1.85. The number of hydrogen-bond donors (Lipinski definition) is 2. The smallest absolute Gasteiger partial charge is 0.276 e. The first-order chi connectivity index (χ1) is 10.1. The molecule has 6 heteroatoms. The number of nitrogens with zero attached hydrogens (tertiary/aromatic N) is 1. The highest BCUT2D eigenvalue weighted by Gasteiger charge is 2.31. The molecule has 0 unspecified atom stereocenters. The average molecular weight is 300 g/mol. The number of hydrogen-bond acceptors (Lipinski definition) is 4. The molecule has 5 nitrogen and oxygen atoms in total. The number of phenols is 1. The molecule has 1 fully saturated rings. The van der Waals surface area contributed by atoms with Crippen molar-refractivity contribution in [2.45, 2.75) is 6.54 Å². The normalized spacial score (nSPS) is 16.6. The van der Waals surface area contributed by atoms with E-state index in [1.807, 2.05) is 0 Å². The Morgan fingerprint density at radius 3 is 2.81 bits per heavy atom. The molecule has 0 radical (unpaired) electrons. The van der Waals surface area contributed by atoms with Crippen molar-refractivity contribution in [1.29, 1.82) is 0 Å². The Labute approximate surface area is 126 Å². The van der Waals surface area contributed by atoms with Gasteiger partial charge >= 0.3 is 0 Å². The average Bonchev–Trinajstić information content (AvgIpc) is 3.06. The van der Waals surface area contributed by atoms with Crippen molar-refractivity contribution >= 4 is 29.3 Å². The Morgan fingerprint density at radius 2 is 2.10 bits per heavy atom. The van der Waals surface area contributed by atoms with Crippen molar-refractivity contribution in [3.05, 3.63) is 59.7 Å². The van der Waals surface area contributed by atoms with Crippen LogP contribution in [0.3, 0.4) is 0 Å².